The van der Waals surface area contributed by atoms with E-state index in [-0.39, 0.29) is 36.4 Å². The number of nitrogens with one attached hydrogen (secondary N) is 2. The topological polar surface area (TPSA) is 50.1 Å². The van der Waals surface area contributed by atoms with E-state index in [2.05, 4.69) is 10.6 Å². The second-order valence-electron chi connectivity index (χ2n) is 5.95. The van der Waals surface area contributed by atoms with Crippen LogP contribution in [0.4, 0.5) is 32.0 Å². The molecule has 2 rings (SSSR count). The summed E-state index contributed by atoms with van der Waals surface area (Å²) in [5, 5.41) is 5.21. The van der Waals surface area contributed by atoms with Gasteiger partial charge in [0.15, 0.2) is 5.11 Å². The third-order valence-corrected chi connectivity index (χ3v) is 4.20. The number of benzene rings is 1. The van der Waals surface area contributed by atoms with Crippen molar-refractivity contribution in [2.75, 3.05) is 5.32 Å². The average molecular weight is 401 g/mol. The SMILES string of the molecule is C.N[C@H]1CCCC[C@@H]1NC(=S)Nc1cc(C(F)(F)F)cc(C(F)(F)F)c1. The first-order valence-corrected chi connectivity index (χ1v) is 8.00. The van der Waals surface area contributed by atoms with Crippen molar-refractivity contribution in [2.45, 2.75) is 57.5 Å². The fourth-order valence-electron chi connectivity index (χ4n) is 2.70. The van der Waals surface area contributed by atoms with Gasteiger partial charge in [0.05, 0.1) is 11.1 Å². The Morgan fingerprint density at radius 2 is 1.46 bits per heavy atom. The van der Waals surface area contributed by atoms with Crippen LogP contribution in [-0.2, 0) is 12.4 Å². The lowest BCUT2D eigenvalue weighted by molar-refractivity contribution is -0.143. The molecule has 0 aliphatic heterocycles. The van der Waals surface area contributed by atoms with E-state index in [0.29, 0.717) is 12.1 Å². The van der Waals surface area contributed by atoms with Gasteiger partial charge in [-0.2, -0.15) is 26.3 Å². The molecule has 0 saturated heterocycles. The van der Waals surface area contributed by atoms with E-state index in [1.807, 2.05) is 0 Å². The molecule has 0 bridgehead atoms. The Kier molecular flexibility index (Phi) is 7.29. The number of hydrogen-bond donors (Lipinski definition) is 3. The van der Waals surface area contributed by atoms with Gasteiger partial charge in [-0.3, -0.25) is 0 Å². The van der Waals surface area contributed by atoms with Crippen LogP contribution in [0.15, 0.2) is 18.2 Å². The number of alkyl halides is 6. The largest absolute Gasteiger partial charge is 0.416 e. The van der Waals surface area contributed by atoms with Crippen molar-refractivity contribution < 1.29 is 26.3 Å². The predicted molar refractivity (Wildman–Crippen MR) is 92.8 cm³/mol. The molecule has 0 spiro atoms. The number of hydrogen-bond acceptors (Lipinski definition) is 2. The van der Waals surface area contributed by atoms with Crippen LogP contribution in [0.5, 0.6) is 0 Å². The van der Waals surface area contributed by atoms with Gasteiger partial charge in [-0.05, 0) is 43.3 Å². The van der Waals surface area contributed by atoms with Crippen LogP contribution >= 0.6 is 12.2 Å². The van der Waals surface area contributed by atoms with Gasteiger partial charge < -0.3 is 16.4 Å². The molecule has 0 heterocycles. The molecule has 1 aromatic carbocycles. The fourth-order valence-corrected chi connectivity index (χ4v) is 2.97. The summed E-state index contributed by atoms with van der Waals surface area (Å²) in [6.45, 7) is 0. The van der Waals surface area contributed by atoms with Crippen LogP contribution in [0.2, 0.25) is 0 Å². The Balaban J connectivity index is 0.00000338. The Bertz CT molecular complexity index is 597. The van der Waals surface area contributed by atoms with Crippen LogP contribution in [0.3, 0.4) is 0 Å². The third kappa shape index (κ3) is 6.01. The van der Waals surface area contributed by atoms with E-state index >= 15 is 0 Å². The fraction of sp³-hybridized carbons (Fsp3) is 0.562. The zero-order valence-corrected chi connectivity index (χ0v) is 13.8. The number of nitrogens with two attached hydrogens (primary N) is 1. The number of anilines is 1. The molecular formula is C16H21F6N3S. The highest BCUT2D eigenvalue weighted by Crippen LogP contribution is 2.37. The van der Waals surface area contributed by atoms with E-state index in [9.17, 15) is 26.3 Å². The van der Waals surface area contributed by atoms with Crippen LogP contribution in [-0.4, -0.2) is 17.2 Å². The van der Waals surface area contributed by atoms with E-state index in [0.717, 1.165) is 25.7 Å². The molecule has 0 aromatic heterocycles. The lowest BCUT2D eigenvalue weighted by atomic mass is 9.91. The molecular weight excluding hydrogens is 380 g/mol. The minimum Gasteiger partial charge on any atom is -0.358 e. The molecule has 1 aliphatic rings. The molecule has 1 aliphatic carbocycles. The lowest BCUT2D eigenvalue weighted by Crippen LogP contribution is -2.50. The van der Waals surface area contributed by atoms with E-state index in [1.165, 1.54) is 0 Å². The highest BCUT2D eigenvalue weighted by Gasteiger charge is 2.37. The third-order valence-electron chi connectivity index (χ3n) is 3.98. The van der Waals surface area contributed by atoms with Crippen molar-refractivity contribution in [1.82, 2.24) is 5.32 Å². The summed E-state index contributed by atoms with van der Waals surface area (Å²) >= 11 is 5.00. The summed E-state index contributed by atoms with van der Waals surface area (Å²) in [5.41, 5.74) is 2.75. The second-order valence-corrected chi connectivity index (χ2v) is 6.36. The first kappa shape index (κ1) is 22.5. The minimum absolute atomic E-state index is 0. The maximum Gasteiger partial charge on any atom is 0.416 e. The van der Waals surface area contributed by atoms with Gasteiger partial charge in [-0.25, -0.2) is 0 Å². The first-order valence-electron chi connectivity index (χ1n) is 7.59. The molecule has 1 aromatic rings. The van der Waals surface area contributed by atoms with Crippen molar-refractivity contribution in [2.24, 2.45) is 5.73 Å². The highest BCUT2D eigenvalue weighted by atomic mass is 32.1. The Morgan fingerprint density at radius 3 is 1.92 bits per heavy atom. The van der Waals surface area contributed by atoms with Gasteiger partial charge in [-0.15, -0.1) is 0 Å². The molecule has 0 amide bonds. The van der Waals surface area contributed by atoms with Gasteiger partial charge in [0.2, 0.25) is 0 Å². The Morgan fingerprint density at radius 1 is 0.962 bits per heavy atom. The van der Waals surface area contributed by atoms with Gasteiger partial charge in [0, 0.05) is 17.8 Å². The predicted octanol–water partition coefficient (Wildman–Crippen LogP) is 4.92. The van der Waals surface area contributed by atoms with Crippen molar-refractivity contribution >= 4 is 23.0 Å². The zero-order valence-electron chi connectivity index (χ0n) is 13.0. The van der Waals surface area contributed by atoms with Crippen LogP contribution in [0.25, 0.3) is 0 Å². The van der Waals surface area contributed by atoms with Gasteiger partial charge in [0.25, 0.3) is 0 Å². The summed E-state index contributed by atoms with van der Waals surface area (Å²) in [6.07, 6.45) is -6.39. The molecule has 1 saturated carbocycles. The zero-order chi connectivity index (χ0) is 18.8. The highest BCUT2D eigenvalue weighted by molar-refractivity contribution is 7.80. The van der Waals surface area contributed by atoms with Crippen LogP contribution < -0.4 is 16.4 Å². The number of thiocarbonyl (C=S) groups is 1. The number of rotatable bonds is 2. The normalized spacial score (nSPS) is 20.9. The van der Waals surface area contributed by atoms with E-state index in [4.69, 9.17) is 18.0 Å². The van der Waals surface area contributed by atoms with Crippen LogP contribution in [0, 0.1) is 0 Å². The summed E-state index contributed by atoms with van der Waals surface area (Å²) in [5.74, 6) is 0. The standard InChI is InChI=1S/C15H17F6N3S.CH4/c16-14(17,18)8-5-9(15(19,20)21)7-10(6-8)23-13(25)24-12-4-2-1-3-11(12)22;/h5-7,11-12H,1-4,22H2,(H2,23,24,25);1H4/t11-,12-;/m0./s1. The molecule has 10 heteroatoms. The summed E-state index contributed by atoms with van der Waals surface area (Å²) in [7, 11) is 0. The second kappa shape index (κ2) is 8.43. The summed E-state index contributed by atoms with van der Waals surface area (Å²) < 4.78 is 77.0. The molecule has 148 valence electrons. The quantitative estimate of drug-likeness (QED) is 0.487. The smallest absolute Gasteiger partial charge is 0.358 e. The Labute approximate surface area is 153 Å². The molecule has 0 radical (unpaired) electrons. The van der Waals surface area contributed by atoms with E-state index < -0.39 is 23.5 Å². The minimum atomic E-state index is -4.90. The monoisotopic (exact) mass is 401 g/mol. The van der Waals surface area contributed by atoms with Crippen molar-refractivity contribution in [3.63, 3.8) is 0 Å². The summed E-state index contributed by atoms with van der Waals surface area (Å²) in [4.78, 5) is 0. The van der Waals surface area contributed by atoms with Crippen molar-refractivity contribution in [3.05, 3.63) is 29.3 Å². The number of halogens is 6. The van der Waals surface area contributed by atoms with Crippen LogP contribution in [0.1, 0.15) is 44.2 Å². The molecule has 0 unspecified atom stereocenters. The average Bonchev–Trinajstić information content (AvgIpc) is 2.47. The maximum atomic E-state index is 12.8. The van der Waals surface area contributed by atoms with Crippen molar-refractivity contribution in [3.8, 4) is 0 Å². The molecule has 26 heavy (non-hydrogen) atoms. The molecule has 3 nitrogen and oxygen atoms in total. The molecule has 1 fully saturated rings. The van der Waals surface area contributed by atoms with Crippen molar-refractivity contribution in [1.29, 1.82) is 0 Å². The van der Waals surface area contributed by atoms with Gasteiger partial charge >= 0.3 is 12.4 Å². The van der Waals surface area contributed by atoms with E-state index in [1.54, 1.807) is 0 Å². The Hall–Kier alpha value is -1.55. The van der Waals surface area contributed by atoms with Gasteiger partial charge in [0.1, 0.15) is 0 Å². The molecule has 4 N–H and O–H groups in total. The first-order chi connectivity index (χ1) is 11.5. The van der Waals surface area contributed by atoms with Gasteiger partial charge in [-0.1, -0.05) is 20.3 Å². The molecule has 2 atom stereocenters. The maximum absolute atomic E-state index is 12.8. The lowest BCUT2D eigenvalue weighted by Gasteiger charge is -2.30. The summed E-state index contributed by atoms with van der Waals surface area (Å²) in [6, 6.07) is 0.912.